The van der Waals surface area contributed by atoms with Gasteiger partial charge < -0.3 is 10.7 Å². The molecular weight excluding hydrogens is 251 g/mol. The summed E-state index contributed by atoms with van der Waals surface area (Å²) in [5, 5.41) is 2.10. The molecule has 0 spiro atoms. The average Bonchev–Trinajstić information content (AvgIpc) is 2.76. The third kappa shape index (κ3) is 2.02. The highest BCUT2D eigenvalue weighted by atomic mass is 32.2. The van der Waals surface area contributed by atoms with Crippen molar-refractivity contribution in [3.05, 3.63) is 42.3 Å². The molecule has 18 heavy (non-hydrogen) atoms. The Morgan fingerprint density at radius 2 is 2.11 bits per heavy atom. The van der Waals surface area contributed by atoms with Crippen LogP contribution in [0.4, 0.5) is 10.3 Å². The largest absolute Gasteiger partial charge is 0.368 e. The predicted octanol–water partition coefficient (Wildman–Crippen LogP) is 2.83. The zero-order valence-electron chi connectivity index (χ0n) is 9.22. The molecule has 0 amide bonds. The van der Waals surface area contributed by atoms with Crippen LogP contribution in [-0.2, 0) is 0 Å². The molecule has 0 bridgehead atoms. The van der Waals surface area contributed by atoms with E-state index in [1.807, 2.05) is 30.3 Å². The number of fused-ring (bicyclic) bond motifs is 1. The lowest BCUT2D eigenvalue weighted by atomic mass is 10.3. The third-order valence-corrected chi connectivity index (χ3v) is 3.36. The van der Waals surface area contributed by atoms with Crippen LogP contribution in [0, 0.1) is 5.82 Å². The zero-order valence-corrected chi connectivity index (χ0v) is 10.0. The predicted molar refractivity (Wildman–Crippen MR) is 68.8 cm³/mol. The monoisotopic (exact) mass is 260 g/mol. The lowest BCUT2D eigenvalue weighted by Crippen LogP contribution is -1.97. The fourth-order valence-corrected chi connectivity index (χ4v) is 2.49. The van der Waals surface area contributed by atoms with Crippen LogP contribution in [-0.4, -0.2) is 15.0 Å². The van der Waals surface area contributed by atoms with E-state index >= 15 is 0 Å². The maximum Gasteiger partial charge on any atom is 0.221 e. The number of nitrogen functional groups attached to an aromatic ring is 1. The number of hydrogen-bond acceptors (Lipinski definition) is 4. The van der Waals surface area contributed by atoms with Crippen LogP contribution in [0.3, 0.4) is 0 Å². The van der Waals surface area contributed by atoms with Gasteiger partial charge in [0, 0.05) is 10.9 Å². The first-order valence-corrected chi connectivity index (χ1v) is 6.07. The zero-order chi connectivity index (χ0) is 12.5. The van der Waals surface area contributed by atoms with Gasteiger partial charge in [0.2, 0.25) is 5.95 Å². The molecule has 0 aliphatic rings. The molecule has 0 saturated heterocycles. The number of aromatic amines is 1. The van der Waals surface area contributed by atoms with Crippen molar-refractivity contribution in [3.8, 4) is 0 Å². The van der Waals surface area contributed by atoms with E-state index in [-0.39, 0.29) is 11.0 Å². The van der Waals surface area contributed by atoms with Crippen molar-refractivity contribution in [1.29, 1.82) is 0 Å². The van der Waals surface area contributed by atoms with Gasteiger partial charge in [-0.1, -0.05) is 18.2 Å². The summed E-state index contributed by atoms with van der Waals surface area (Å²) < 4.78 is 13.5. The maximum absolute atomic E-state index is 13.5. The summed E-state index contributed by atoms with van der Waals surface area (Å²) in [6, 6.07) is 9.78. The fourth-order valence-electron chi connectivity index (χ4n) is 1.64. The van der Waals surface area contributed by atoms with Gasteiger partial charge in [-0.3, -0.25) is 0 Å². The minimum Gasteiger partial charge on any atom is -0.368 e. The Hall–Kier alpha value is -2.08. The van der Waals surface area contributed by atoms with Gasteiger partial charge in [-0.2, -0.15) is 0 Å². The number of hydrogen-bond donors (Lipinski definition) is 2. The Morgan fingerprint density at radius 3 is 2.94 bits per heavy atom. The Kier molecular flexibility index (Phi) is 2.64. The second-order valence-electron chi connectivity index (χ2n) is 3.70. The molecule has 0 atom stereocenters. The molecule has 0 aliphatic carbocycles. The first-order valence-electron chi connectivity index (χ1n) is 5.26. The summed E-state index contributed by atoms with van der Waals surface area (Å²) in [5.74, 6) is -0.414. The van der Waals surface area contributed by atoms with Gasteiger partial charge in [0.1, 0.15) is 5.03 Å². The SMILES string of the molecule is Nc1ncc(F)c(Sc2cc3ccccc3[nH]2)n1. The molecule has 0 unspecified atom stereocenters. The number of H-pyrrole nitrogens is 1. The summed E-state index contributed by atoms with van der Waals surface area (Å²) in [4.78, 5) is 10.7. The van der Waals surface area contributed by atoms with Crippen LogP contribution in [0.25, 0.3) is 10.9 Å². The second kappa shape index (κ2) is 4.30. The summed E-state index contributed by atoms with van der Waals surface area (Å²) in [6.45, 7) is 0. The molecule has 2 aromatic heterocycles. The molecule has 3 N–H and O–H groups in total. The molecule has 0 saturated carbocycles. The van der Waals surface area contributed by atoms with E-state index in [9.17, 15) is 4.39 Å². The second-order valence-corrected chi connectivity index (χ2v) is 4.73. The van der Waals surface area contributed by atoms with E-state index in [0.717, 1.165) is 22.1 Å². The standard InChI is InChI=1S/C12H9FN4S/c13-8-6-15-12(14)17-11(8)18-10-5-7-3-1-2-4-9(7)16-10/h1-6,16H,(H2,14,15,17). The van der Waals surface area contributed by atoms with Crippen LogP contribution < -0.4 is 5.73 Å². The van der Waals surface area contributed by atoms with Crippen molar-refractivity contribution in [3.63, 3.8) is 0 Å². The summed E-state index contributed by atoms with van der Waals surface area (Å²) >= 11 is 1.19. The molecule has 0 aliphatic heterocycles. The van der Waals surface area contributed by atoms with Gasteiger partial charge >= 0.3 is 0 Å². The third-order valence-electron chi connectivity index (χ3n) is 2.44. The van der Waals surface area contributed by atoms with Crippen LogP contribution >= 0.6 is 11.8 Å². The maximum atomic E-state index is 13.5. The number of halogens is 1. The van der Waals surface area contributed by atoms with E-state index in [4.69, 9.17) is 5.73 Å². The topological polar surface area (TPSA) is 67.6 Å². The number of anilines is 1. The van der Waals surface area contributed by atoms with Crippen LogP contribution in [0.15, 0.2) is 46.6 Å². The molecule has 3 aromatic rings. The van der Waals surface area contributed by atoms with Gasteiger partial charge in [-0.05, 0) is 23.9 Å². The number of nitrogens with two attached hydrogens (primary N) is 1. The first-order chi connectivity index (χ1) is 8.72. The molecule has 90 valence electrons. The molecule has 3 rings (SSSR count). The molecular formula is C12H9FN4S. The lowest BCUT2D eigenvalue weighted by molar-refractivity contribution is 0.580. The summed E-state index contributed by atoms with van der Waals surface area (Å²) in [5.41, 5.74) is 6.45. The highest BCUT2D eigenvalue weighted by molar-refractivity contribution is 7.99. The van der Waals surface area contributed by atoms with Crippen LogP contribution in [0.2, 0.25) is 0 Å². The van der Waals surface area contributed by atoms with Crippen molar-refractivity contribution < 1.29 is 4.39 Å². The molecule has 0 fully saturated rings. The number of aromatic nitrogens is 3. The van der Waals surface area contributed by atoms with Crippen molar-refractivity contribution in [2.45, 2.75) is 10.1 Å². The first kappa shape index (κ1) is 11.0. The smallest absolute Gasteiger partial charge is 0.221 e. The minimum absolute atomic E-state index is 0.0648. The molecule has 0 radical (unpaired) electrons. The number of rotatable bonds is 2. The minimum atomic E-state index is -0.479. The van der Waals surface area contributed by atoms with Gasteiger partial charge in [0.15, 0.2) is 5.82 Å². The van der Waals surface area contributed by atoms with Crippen molar-refractivity contribution >= 4 is 28.6 Å². The van der Waals surface area contributed by atoms with E-state index in [1.54, 1.807) is 0 Å². The van der Waals surface area contributed by atoms with Gasteiger partial charge in [0.05, 0.1) is 11.2 Å². The number of nitrogens with zero attached hydrogens (tertiary/aromatic N) is 2. The van der Waals surface area contributed by atoms with Gasteiger partial charge in [-0.25, -0.2) is 14.4 Å². The van der Waals surface area contributed by atoms with Crippen molar-refractivity contribution in [2.75, 3.05) is 5.73 Å². The van der Waals surface area contributed by atoms with E-state index < -0.39 is 5.82 Å². The molecule has 1 aromatic carbocycles. The Morgan fingerprint density at radius 1 is 1.28 bits per heavy atom. The van der Waals surface area contributed by atoms with E-state index in [1.165, 1.54) is 11.8 Å². The highest BCUT2D eigenvalue weighted by Gasteiger charge is 2.09. The number of nitrogens with one attached hydrogen (secondary N) is 1. The Labute approximate surface area is 106 Å². The number of benzene rings is 1. The average molecular weight is 260 g/mol. The normalized spacial score (nSPS) is 10.9. The van der Waals surface area contributed by atoms with Gasteiger partial charge in [0.25, 0.3) is 0 Å². The molecule has 2 heterocycles. The number of para-hydroxylation sites is 1. The summed E-state index contributed by atoms with van der Waals surface area (Å²) in [7, 11) is 0. The van der Waals surface area contributed by atoms with Crippen LogP contribution in [0.5, 0.6) is 0 Å². The quantitative estimate of drug-likeness (QED) is 0.695. The van der Waals surface area contributed by atoms with Crippen LogP contribution in [0.1, 0.15) is 0 Å². The lowest BCUT2D eigenvalue weighted by Gasteiger charge is -2.00. The van der Waals surface area contributed by atoms with E-state index in [2.05, 4.69) is 15.0 Å². The summed E-state index contributed by atoms with van der Waals surface area (Å²) in [6.07, 6.45) is 1.08. The van der Waals surface area contributed by atoms with Crippen molar-refractivity contribution in [2.24, 2.45) is 0 Å². The molecule has 6 heteroatoms. The highest BCUT2D eigenvalue weighted by Crippen LogP contribution is 2.30. The fraction of sp³-hybridized carbons (Fsp3) is 0. The van der Waals surface area contributed by atoms with E-state index in [0.29, 0.717) is 0 Å². The van der Waals surface area contributed by atoms with Gasteiger partial charge in [-0.15, -0.1) is 0 Å². The molecule has 4 nitrogen and oxygen atoms in total. The Balaban J connectivity index is 1.98. The Bertz CT molecular complexity index is 677. The van der Waals surface area contributed by atoms with Crippen molar-refractivity contribution in [1.82, 2.24) is 15.0 Å².